The number of rotatable bonds is 3. The Balaban J connectivity index is 1.43. The molecule has 0 N–H and O–H groups in total. The molecule has 1 saturated heterocycles. The molecular weight excluding hydrogens is 372 g/mol. The van der Waals surface area contributed by atoms with Crippen LogP contribution >= 0.6 is 11.6 Å². The standard InChI is InChI=1S/C21H19ClN6/c22-16-5-4-8-18(13-16)28-21-19(14-25-28)20(23-15-24-21)27-11-9-26(10-12-27)17-6-2-1-3-7-17/h1-8,13-15H,9-12H2. The van der Waals surface area contributed by atoms with Gasteiger partial charge in [0, 0.05) is 36.9 Å². The van der Waals surface area contributed by atoms with E-state index in [1.165, 1.54) is 5.69 Å². The fraction of sp³-hybridized carbons (Fsp3) is 0.190. The number of hydrogen-bond acceptors (Lipinski definition) is 5. The summed E-state index contributed by atoms with van der Waals surface area (Å²) >= 11 is 6.14. The molecule has 0 spiro atoms. The summed E-state index contributed by atoms with van der Waals surface area (Å²) in [7, 11) is 0. The Hall–Kier alpha value is -3.12. The van der Waals surface area contributed by atoms with E-state index in [-0.39, 0.29) is 0 Å². The molecule has 2 aromatic carbocycles. The molecule has 3 heterocycles. The van der Waals surface area contributed by atoms with Crippen LogP contribution in [0.1, 0.15) is 0 Å². The fourth-order valence-corrected chi connectivity index (χ4v) is 3.88. The van der Waals surface area contributed by atoms with Crippen molar-refractivity contribution >= 4 is 34.1 Å². The molecule has 0 atom stereocenters. The Labute approximate surface area is 168 Å². The largest absolute Gasteiger partial charge is 0.368 e. The predicted octanol–water partition coefficient (Wildman–Crippen LogP) is 3.80. The smallest absolute Gasteiger partial charge is 0.168 e. The Morgan fingerprint density at radius 2 is 1.54 bits per heavy atom. The van der Waals surface area contributed by atoms with Crippen LogP contribution in [0, 0.1) is 0 Å². The molecular formula is C21H19ClN6. The van der Waals surface area contributed by atoms with Crippen LogP contribution in [0.15, 0.2) is 67.1 Å². The highest BCUT2D eigenvalue weighted by Crippen LogP contribution is 2.27. The van der Waals surface area contributed by atoms with Crippen LogP contribution in [0.3, 0.4) is 0 Å². The SMILES string of the molecule is Clc1cccc(-n2ncc3c(N4CCN(c5ccccc5)CC4)ncnc32)c1. The second-order valence-corrected chi connectivity index (χ2v) is 7.22. The first-order valence-electron chi connectivity index (χ1n) is 9.29. The monoisotopic (exact) mass is 390 g/mol. The lowest BCUT2D eigenvalue weighted by atomic mass is 10.2. The van der Waals surface area contributed by atoms with Crippen molar-refractivity contribution in [1.29, 1.82) is 0 Å². The Kier molecular flexibility index (Phi) is 4.33. The number of aromatic nitrogens is 4. The molecule has 5 rings (SSSR count). The molecule has 0 unspecified atom stereocenters. The summed E-state index contributed by atoms with van der Waals surface area (Å²) < 4.78 is 1.81. The minimum atomic E-state index is 0.674. The van der Waals surface area contributed by atoms with Gasteiger partial charge >= 0.3 is 0 Å². The quantitative estimate of drug-likeness (QED) is 0.532. The van der Waals surface area contributed by atoms with Gasteiger partial charge in [-0.3, -0.25) is 0 Å². The maximum Gasteiger partial charge on any atom is 0.168 e. The van der Waals surface area contributed by atoms with Crippen molar-refractivity contribution in [2.75, 3.05) is 36.0 Å². The average Bonchev–Trinajstić information content (AvgIpc) is 3.19. The van der Waals surface area contributed by atoms with Crippen LogP contribution < -0.4 is 9.80 Å². The molecule has 1 aliphatic rings. The third-order valence-corrected chi connectivity index (χ3v) is 5.33. The number of halogens is 1. The zero-order valence-corrected chi connectivity index (χ0v) is 16.0. The van der Waals surface area contributed by atoms with E-state index in [1.54, 1.807) is 6.33 Å². The van der Waals surface area contributed by atoms with Crippen molar-refractivity contribution in [2.45, 2.75) is 0 Å². The lowest BCUT2D eigenvalue weighted by molar-refractivity contribution is 0.649. The van der Waals surface area contributed by atoms with Gasteiger partial charge in [0.1, 0.15) is 12.1 Å². The van der Waals surface area contributed by atoms with Gasteiger partial charge in [-0.05, 0) is 30.3 Å². The van der Waals surface area contributed by atoms with Crippen molar-refractivity contribution in [3.05, 3.63) is 72.1 Å². The summed E-state index contributed by atoms with van der Waals surface area (Å²) in [5, 5.41) is 6.17. The summed E-state index contributed by atoms with van der Waals surface area (Å²) in [5.41, 5.74) is 2.95. The molecule has 0 aliphatic carbocycles. The highest BCUT2D eigenvalue weighted by molar-refractivity contribution is 6.30. The lowest BCUT2D eigenvalue weighted by Gasteiger charge is -2.36. The van der Waals surface area contributed by atoms with E-state index in [1.807, 2.05) is 35.1 Å². The molecule has 4 aromatic rings. The highest BCUT2D eigenvalue weighted by Gasteiger charge is 2.21. The van der Waals surface area contributed by atoms with Gasteiger partial charge in [-0.2, -0.15) is 5.10 Å². The van der Waals surface area contributed by atoms with Gasteiger partial charge < -0.3 is 9.80 Å². The van der Waals surface area contributed by atoms with Gasteiger partial charge in [0.15, 0.2) is 5.65 Å². The van der Waals surface area contributed by atoms with Gasteiger partial charge in [0.05, 0.1) is 17.3 Å². The van der Waals surface area contributed by atoms with E-state index >= 15 is 0 Å². The van der Waals surface area contributed by atoms with E-state index in [0.29, 0.717) is 5.02 Å². The van der Waals surface area contributed by atoms with Gasteiger partial charge in [0.2, 0.25) is 0 Å². The number of anilines is 2. The van der Waals surface area contributed by atoms with Crippen molar-refractivity contribution < 1.29 is 0 Å². The molecule has 28 heavy (non-hydrogen) atoms. The second-order valence-electron chi connectivity index (χ2n) is 6.78. The van der Waals surface area contributed by atoms with Crippen molar-refractivity contribution in [3.8, 4) is 5.69 Å². The van der Waals surface area contributed by atoms with Gasteiger partial charge in [-0.1, -0.05) is 35.9 Å². The van der Waals surface area contributed by atoms with Gasteiger partial charge in [-0.25, -0.2) is 14.6 Å². The third-order valence-electron chi connectivity index (χ3n) is 5.10. The maximum atomic E-state index is 6.14. The summed E-state index contributed by atoms with van der Waals surface area (Å²) in [6.07, 6.45) is 3.46. The zero-order valence-electron chi connectivity index (χ0n) is 15.2. The zero-order chi connectivity index (χ0) is 18.9. The van der Waals surface area contributed by atoms with Crippen LogP contribution in [-0.2, 0) is 0 Å². The highest BCUT2D eigenvalue weighted by atomic mass is 35.5. The van der Waals surface area contributed by atoms with E-state index in [4.69, 9.17) is 11.6 Å². The maximum absolute atomic E-state index is 6.14. The number of para-hydroxylation sites is 1. The van der Waals surface area contributed by atoms with Gasteiger partial charge in [-0.15, -0.1) is 0 Å². The molecule has 1 aliphatic heterocycles. The minimum Gasteiger partial charge on any atom is -0.368 e. The first-order valence-corrected chi connectivity index (χ1v) is 9.67. The molecule has 0 bridgehead atoms. The molecule has 0 amide bonds. The van der Waals surface area contributed by atoms with Crippen molar-refractivity contribution in [1.82, 2.24) is 19.7 Å². The normalized spacial score (nSPS) is 14.6. The Bertz CT molecular complexity index is 1100. The van der Waals surface area contributed by atoms with E-state index < -0.39 is 0 Å². The molecule has 0 radical (unpaired) electrons. The molecule has 2 aromatic heterocycles. The van der Waals surface area contributed by atoms with Crippen molar-refractivity contribution in [3.63, 3.8) is 0 Å². The first kappa shape index (κ1) is 17.0. The lowest BCUT2D eigenvalue weighted by Crippen LogP contribution is -2.46. The predicted molar refractivity (Wildman–Crippen MR) is 113 cm³/mol. The molecule has 6 nitrogen and oxygen atoms in total. The summed E-state index contributed by atoms with van der Waals surface area (Å²) in [4.78, 5) is 13.8. The summed E-state index contributed by atoms with van der Waals surface area (Å²) in [6, 6.07) is 18.2. The van der Waals surface area contributed by atoms with E-state index in [2.05, 4.69) is 55.2 Å². The minimum absolute atomic E-state index is 0.674. The fourth-order valence-electron chi connectivity index (χ4n) is 3.70. The Morgan fingerprint density at radius 3 is 2.32 bits per heavy atom. The van der Waals surface area contributed by atoms with E-state index in [0.717, 1.165) is 48.7 Å². The summed E-state index contributed by atoms with van der Waals surface area (Å²) in [5.74, 6) is 0.936. The van der Waals surface area contributed by atoms with Crippen LogP contribution in [0.2, 0.25) is 5.02 Å². The molecule has 0 saturated carbocycles. The second kappa shape index (κ2) is 7.13. The van der Waals surface area contributed by atoms with Gasteiger partial charge in [0.25, 0.3) is 0 Å². The van der Waals surface area contributed by atoms with Crippen LogP contribution in [0.5, 0.6) is 0 Å². The average molecular weight is 391 g/mol. The van der Waals surface area contributed by atoms with E-state index in [9.17, 15) is 0 Å². The molecule has 1 fully saturated rings. The number of benzene rings is 2. The summed E-state index contributed by atoms with van der Waals surface area (Å²) in [6.45, 7) is 3.72. The van der Waals surface area contributed by atoms with Crippen LogP contribution in [0.4, 0.5) is 11.5 Å². The van der Waals surface area contributed by atoms with Crippen LogP contribution in [-0.4, -0.2) is 45.9 Å². The molecule has 140 valence electrons. The third kappa shape index (κ3) is 3.05. The molecule has 7 heteroatoms. The Morgan fingerprint density at radius 1 is 0.786 bits per heavy atom. The van der Waals surface area contributed by atoms with Crippen LogP contribution in [0.25, 0.3) is 16.7 Å². The topological polar surface area (TPSA) is 50.1 Å². The number of piperazine rings is 1. The number of hydrogen-bond donors (Lipinski definition) is 0. The first-order chi connectivity index (χ1) is 13.8. The number of fused-ring (bicyclic) bond motifs is 1. The van der Waals surface area contributed by atoms with Crippen molar-refractivity contribution in [2.24, 2.45) is 0 Å². The number of nitrogens with zero attached hydrogens (tertiary/aromatic N) is 6.